The summed E-state index contributed by atoms with van der Waals surface area (Å²) in [6.45, 7) is 2.35. The lowest BCUT2D eigenvalue weighted by Gasteiger charge is -2.22. The zero-order chi connectivity index (χ0) is 23.0. The van der Waals surface area contributed by atoms with Crippen molar-refractivity contribution in [1.82, 2.24) is 9.62 Å². The summed E-state index contributed by atoms with van der Waals surface area (Å²) in [6, 6.07) is 10.9. The molecule has 5 rings (SSSR count). The van der Waals surface area contributed by atoms with Crippen molar-refractivity contribution in [2.45, 2.75) is 30.2 Å². The Bertz CT molecular complexity index is 1180. The van der Waals surface area contributed by atoms with Crippen LogP contribution in [0.25, 0.3) is 0 Å². The molecule has 0 bridgehead atoms. The molecule has 0 aliphatic carbocycles. The van der Waals surface area contributed by atoms with Gasteiger partial charge in [0.1, 0.15) is 13.2 Å². The Labute approximate surface area is 192 Å². The van der Waals surface area contributed by atoms with E-state index >= 15 is 0 Å². The maximum atomic E-state index is 12.7. The van der Waals surface area contributed by atoms with Gasteiger partial charge in [0, 0.05) is 43.4 Å². The third-order valence-electron chi connectivity index (χ3n) is 6.12. The van der Waals surface area contributed by atoms with E-state index in [1.165, 1.54) is 28.6 Å². The van der Waals surface area contributed by atoms with Crippen molar-refractivity contribution in [3.05, 3.63) is 48.0 Å². The van der Waals surface area contributed by atoms with Gasteiger partial charge in [0.2, 0.25) is 15.9 Å². The number of nitrogens with one attached hydrogen (secondary N) is 1. The van der Waals surface area contributed by atoms with Gasteiger partial charge in [-0.2, -0.15) is 4.31 Å². The number of amides is 2. The van der Waals surface area contributed by atoms with Crippen LogP contribution in [0.5, 0.6) is 11.5 Å². The molecule has 2 amide bonds. The van der Waals surface area contributed by atoms with Gasteiger partial charge in [0.15, 0.2) is 11.5 Å². The minimum absolute atomic E-state index is 0.0935. The summed E-state index contributed by atoms with van der Waals surface area (Å²) in [7, 11) is -3.52. The Hall–Kier alpha value is -3.11. The highest BCUT2D eigenvalue weighted by molar-refractivity contribution is 7.89. The lowest BCUT2D eigenvalue weighted by atomic mass is 10.2. The van der Waals surface area contributed by atoms with Crippen molar-refractivity contribution in [3.8, 4) is 11.5 Å². The third kappa shape index (κ3) is 4.28. The first-order valence-electron chi connectivity index (χ1n) is 11.0. The van der Waals surface area contributed by atoms with Crippen LogP contribution in [0.2, 0.25) is 0 Å². The molecule has 3 aliphatic rings. The van der Waals surface area contributed by atoms with Gasteiger partial charge >= 0.3 is 0 Å². The quantitative estimate of drug-likeness (QED) is 0.713. The van der Waals surface area contributed by atoms with E-state index < -0.39 is 10.0 Å². The molecule has 0 radical (unpaired) electrons. The molecule has 0 spiro atoms. The van der Waals surface area contributed by atoms with Crippen molar-refractivity contribution in [1.29, 1.82) is 0 Å². The fourth-order valence-electron chi connectivity index (χ4n) is 4.38. The Kier molecular flexibility index (Phi) is 5.71. The molecular formula is C23H25N3O6S. The number of nitrogens with zero attached hydrogens (tertiary/aromatic N) is 2. The standard InChI is InChI=1S/C23H25N3O6S/c27-22-13-17(15-26(22)18-5-8-20-21(14-18)32-12-11-31-20)24-23(28)16-3-6-19(7-4-16)33(29,30)25-9-1-2-10-25/h3-8,14,17H,1-2,9-13,15H2,(H,24,28)/t17-/m0/s1. The number of carbonyl (C=O) groups is 2. The second-order valence-corrected chi connectivity index (χ2v) is 10.3. The van der Waals surface area contributed by atoms with Crippen LogP contribution in [0.3, 0.4) is 0 Å². The van der Waals surface area contributed by atoms with Gasteiger partial charge in [-0.25, -0.2) is 8.42 Å². The zero-order valence-electron chi connectivity index (χ0n) is 18.0. The van der Waals surface area contributed by atoms with Crippen molar-refractivity contribution < 1.29 is 27.5 Å². The monoisotopic (exact) mass is 471 g/mol. The highest BCUT2D eigenvalue weighted by Crippen LogP contribution is 2.35. The van der Waals surface area contributed by atoms with Crippen molar-refractivity contribution in [3.63, 3.8) is 0 Å². The average Bonchev–Trinajstić information content (AvgIpc) is 3.49. The minimum Gasteiger partial charge on any atom is -0.486 e. The van der Waals surface area contributed by atoms with Crippen LogP contribution in [0.4, 0.5) is 5.69 Å². The lowest BCUT2D eigenvalue weighted by molar-refractivity contribution is -0.117. The number of benzene rings is 2. The number of ether oxygens (including phenoxy) is 2. The van der Waals surface area contributed by atoms with Crippen molar-refractivity contribution in [2.24, 2.45) is 0 Å². The predicted octanol–water partition coefficient (Wildman–Crippen LogP) is 1.78. The van der Waals surface area contributed by atoms with Gasteiger partial charge in [-0.15, -0.1) is 0 Å². The first kappa shape index (κ1) is 21.7. The lowest BCUT2D eigenvalue weighted by Crippen LogP contribution is -2.37. The highest BCUT2D eigenvalue weighted by atomic mass is 32.2. The molecule has 2 aromatic rings. The van der Waals surface area contributed by atoms with Gasteiger partial charge in [-0.3, -0.25) is 9.59 Å². The number of fused-ring (bicyclic) bond motifs is 1. The topological polar surface area (TPSA) is 105 Å². The first-order valence-corrected chi connectivity index (χ1v) is 12.5. The van der Waals surface area contributed by atoms with Crippen molar-refractivity contribution in [2.75, 3.05) is 37.7 Å². The van der Waals surface area contributed by atoms with E-state index in [9.17, 15) is 18.0 Å². The molecule has 2 aromatic carbocycles. The molecule has 0 aromatic heterocycles. The average molecular weight is 472 g/mol. The molecule has 0 unspecified atom stereocenters. The van der Waals surface area contributed by atoms with E-state index in [4.69, 9.17) is 9.47 Å². The zero-order valence-corrected chi connectivity index (χ0v) is 18.8. The molecule has 9 nitrogen and oxygen atoms in total. The largest absolute Gasteiger partial charge is 0.486 e. The SMILES string of the molecule is O=C(N[C@H]1CC(=O)N(c2ccc3c(c2)OCCO3)C1)c1ccc(S(=O)(=O)N2CCCC2)cc1. The molecule has 10 heteroatoms. The Morgan fingerprint density at radius 1 is 0.970 bits per heavy atom. The maximum Gasteiger partial charge on any atom is 0.251 e. The molecule has 1 N–H and O–H groups in total. The predicted molar refractivity (Wildman–Crippen MR) is 120 cm³/mol. The van der Waals surface area contributed by atoms with Crippen LogP contribution in [-0.4, -0.2) is 63.4 Å². The van der Waals surface area contributed by atoms with E-state index in [1.807, 2.05) is 0 Å². The number of hydrogen-bond donors (Lipinski definition) is 1. The summed E-state index contributed by atoms with van der Waals surface area (Å²) in [6.07, 6.45) is 1.91. The number of sulfonamides is 1. The van der Waals surface area contributed by atoms with Gasteiger partial charge in [0.05, 0.1) is 10.9 Å². The van der Waals surface area contributed by atoms with Crippen molar-refractivity contribution >= 4 is 27.5 Å². The molecule has 174 valence electrons. The second kappa shape index (κ2) is 8.68. The normalized spacial score (nSPS) is 20.8. The Morgan fingerprint density at radius 3 is 2.39 bits per heavy atom. The summed E-state index contributed by atoms with van der Waals surface area (Å²) in [5, 5.41) is 2.88. The molecule has 2 saturated heterocycles. The smallest absolute Gasteiger partial charge is 0.251 e. The fourth-order valence-corrected chi connectivity index (χ4v) is 5.90. The van der Waals surface area contributed by atoms with Crippen LogP contribution >= 0.6 is 0 Å². The molecular weight excluding hydrogens is 446 g/mol. The van der Waals surface area contributed by atoms with Crippen LogP contribution in [0.15, 0.2) is 47.4 Å². The highest BCUT2D eigenvalue weighted by Gasteiger charge is 2.33. The van der Waals surface area contributed by atoms with Gasteiger partial charge in [-0.05, 0) is 49.2 Å². The van der Waals surface area contributed by atoms with E-state index in [-0.39, 0.29) is 29.2 Å². The molecule has 33 heavy (non-hydrogen) atoms. The Balaban J connectivity index is 1.24. The number of carbonyl (C=O) groups excluding carboxylic acids is 2. The van der Waals surface area contributed by atoms with E-state index in [0.717, 1.165) is 12.8 Å². The summed E-state index contributed by atoms with van der Waals surface area (Å²) in [5.74, 6) is 0.811. The van der Waals surface area contributed by atoms with E-state index in [0.29, 0.717) is 55.6 Å². The van der Waals surface area contributed by atoms with Crippen LogP contribution in [-0.2, 0) is 14.8 Å². The molecule has 3 aliphatic heterocycles. The van der Waals surface area contributed by atoms with E-state index in [2.05, 4.69) is 5.32 Å². The number of rotatable bonds is 5. The van der Waals surface area contributed by atoms with E-state index in [1.54, 1.807) is 23.1 Å². The number of hydrogen-bond acceptors (Lipinski definition) is 6. The minimum atomic E-state index is -3.52. The molecule has 1 atom stereocenters. The molecule has 3 heterocycles. The molecule has 2 fully saturated rings. The summed E-state index contributed by atoms with van der Waals surface area (Å²) < 4.78 is 37.9. The summed E-state index contributed by atoms with van der Waals surface area (Å²) >= 11 is 0. The third-order valence-corrected chi connectivity index (χ3v) is 8.03. The van der Waals surface area contributed by atoms with Gasteiger partial charge < -0.3 is 19.7 Å². The fraction of sp³-hybridized carbons (Fsp3) is 0.391. The summed E-state index contributed by atoms with van der Waals surface area (Å²) in [4.78, 5) is 27.1. The summed E-state index contributed by atoms with van der Waals surface area (Å²) in [5.41, 5.74) is 1.04. The van der Waals surface area contributed by atoms with Crippen LogP contribution in [0, 0.1) is 0 Å². The van der Waals surface area contributed by atoms with Crippen LogP contribution < -0.4 is 19.7 Å². The van der Waals surface area contributed by atoms with Gasteiger partial charge in [-0.1, -0.05) is 0 Å². The van der Waals surface area contributed by atoms with Gasteiger partial charge in [0.25, 0.3) is 5.91 Å². The first-order chi connectivity index (χ1) is 15.9. The van der Waals surface area contributed by atoms with Crippen LogP contribution in [0.1, 0.15) is 29.6 Å². The Morgan fingerprint density at radius 2 is 1.67 bits per heavy atom. The molecule has 0 saturated carbocycles. The maximum absolute atomic E-state index is 12.7. The second-order valence-electron chi connectivity index (χ2n) is 8.34. The number of anilines is 1.